The summed E-state index contributed by atoms with van der Waals surface area (Å²) < 4.78 is 1.98. The maximum atomic E-state index is 6.08. The van der Waals surface area contributed by atoms with Crippen LogP contribution in [0.4, 0.5) is 5.95 Å². The van der Waals surface area contributed by atoms with E-state index in [2.05, 4.69) is 10.3 Å². The van der Waals surface area contributed by atoms with Gasteiger partial charge in [-0.2, -0.15) is 0 Å². The van der Waals surface area contributed by atoms with E-state index in [-0.39, 0.29) is 6.04 Å². The number of anilines is 1. The number of hydrogen-bond acceptors (Lipinski definition) is 3. The molecule has 4 nitrogen and oxygen atoms in total. The Balaban J connectivity index is 2.40. The van der Waals surface area contributed by atoms with Crippen LogP contribution >= 0.6 is 11.6 Å². The quantitative estimate of drug-likeness (QED) is 0.860. The van der Waals surface area contributed by atoms with Gasteiger partial charge in [0.15, 0.2) is 0 Å². The lowest BCUT2D eigenvalue weighted by atomic mass is 10.3. The minimum Gasteiger partial charge on any atom is -0.354 e. The first kappa shape index (κ1) is 11.2. The molecule has 0 saturated heterocycles. The van der Waals surface area contributed by atoms with Crippen LogP contribution in [0.15, 0.2) is 18.2 Å². The van der Waals surface area contributed by atoms with Gasteiger partial charge in [0.25, 0.3) is 0 Å². The van der Waals surface area contributed by atoms with Crippen LogP contribution in [0.1, 0.15) is 6.92 Å². The Morgan fingerprint density at radius 2 is 2.31 bits per heavy atom. The number of benzene rings is 1. The predicted molar refractivity (Wildman–Crippen MR) is 67.9 cm³/mol. The number of halogens is 1. The Kier molecular flexibility index (Phi) is 3.03. The average Bonchev–Trinajstić information content (AvgIpc) is 2.55. The minimum atomic E-state index is 0.0929. The molecule has 0 saturated carbocycles. The van der Waals surface area contributed by atoms with Gasteiger partial charge in [-0.05, 0) is 19.1 Å². The lowest BCUT2D eigenvalue weighted by molar-refractivity contribution is 0.767. The van der Waals surface area contributed by atoms with Gasteiger partial charge in [-0.3, -0.25) is 0 Å². The SMILES string of the molecule is CC(N)CNc1nc2c(Cl)cccc2n1C. The number of para-hydroxylation sites is 1. The number of imidazole rings is 1. The van der Waals surface area contributed by atoms with E-state index in [4.69, 9.17) is 17.3 Å². The fraction of sp³-hybridized carbons (Fsp3) is 0.364. The molecule has 1 heterocycles. The molecule has 0 aliphatic heterocycles. The molecule has 0 radical (unpaired) electrons. The van der Waals surface area contributed by atoms with Gasteiger partial charge >= 0.3 is 0 Å². The van der Waals surface area contributed by atoms with Gasteiger partial charge in [0.2, 0.25) is 5.95 Å². The predicted octanol–water partition coefficient (Wildman–Crippen LogP) is 1.99. The third-order valence-electron chi connectivity index (χ3n) is 2.44. The molecule has 86 valence electrons. The van der Waals surface area contributed by atoms with E-state index < -0.39 is 0 Å². The number of nitrogens with two attached hydrogens (primary N) is 1. The van der Waals surface area contributed by atoms with Crippen LogP contribution in [0.5, 0.6) is 0 Å². The lowest BCUT2D eigenvalue weighted by Gasteiger charge is -2.08. The monoisotopic (exact) mass is 238 g/mol. The van der Waals surface area contributed by atoms with Gasteiger partial charge in [0, 0.05) is 19.6 Å². The Labute approximate surface area is 99.4 Å². The zero-order valence-electron chi connectivity index (χ0n) is 9.37. The maximum absolute atomic E-state index is 6.08. The van der Waals surface area contributed by atoms with Gasteiger partial charge in [0.1, 0.15) is 5.52 Å². The van der Waals surface area contributed by atoms with E-state index in [1.165, 1.54) is 0 Å². The van der Waals surface area contributed by atoms with Gasteiger partial charge < -0.3 is 15.6 Å². The van der Waals surface area contributed by atoms with E-state index in [1.807, 2.05) is 36.7 Å². The van der Waals surface area contributed by atoms with E-state index >= 15 is 0 Å². The second kappa shape index (κ2) is 4.31. The molecule has 1 aromatic heterocycles. The fourth-order valence-corrected chi connectivity index (χ4v) is 1.80. The molecule has 0 bridgehead atoms. The summed E-state index contributed by atoms with van der Waals surface area (Å²) in [6.07, 6.45) is 0. The molecule has 1 unspecified atom stereocenters. The molecule has 3 N–H and O–H groups in total. The molecule has 1 atom stereocenters. The summed E-state index contributed by atoms with van der Waals surface area (Å²) in [5.41, 5.74) is 7.52. The molecule has 0 aliphatic rings. The van der Waals surface area contributed by atoms with E-state index in [9.17, 15) is 0 Å². The third-order valence-corrected chi connectivity index (χ3v) is 2.75. The molecule has 0 fully saturated rings. The number of hydrogen-bond donors (Lipinski definition) is 2. The van der Waals surface area contributed by atoms with Crippen molar-refractivity contribution < 1.29 is 0 Å². The first-order valence-electron chi connectivity index (χ1n) is 5.20. The van der Waals surface area contributed by atoms with Crippen molar-refractivity contribution in [1.82, 2.24) is 9.55 Å². The molecule has 0 amide bonds. The second-order valence-electron chi connectivity index (χ2n) is 3.96. The number of aromatic nitrogens is 2. The Morgan fingerprint density at radius 1 is 1.56 bits per heavy atom. The first-order valence-corrected chi connectivity index (χ1v) is 5.58. The van der Waals surface area contributed by atoms with Crippen LogP contribution in [0.3, 0.4) is 0 Å². The lowest BCUT2D eigenvalue weighted by Crippen LogP contribution is -2.26. The van der Waals surface area contributed by atoms with Gasteiger partial charge in [-0.15, -0.1) is 0 Å². The molecule has 0 aliphatic carbocycles. The van der Waals surface area contributed by atoms with Crippen LogP contribution < -0.4 is 11.1 Å². The zero-order chi connectivity index (χ0) is 11.7. The topological polar surface area (TPSA) is 55.9 Å². The van der Waals surface area contributed by atoms with Crippen LogP contribution in [0.2, 0.25) is 5.02 Å². The van der Waals surface area contributed by atoms with Gasteiger partial charge in [-0.1, -0.05) is 17.7 Å². The number of aryl methyl sites for hydroxylation is 1. The summed E-state index contributed by atoms with van der Waals surface area (Å²) in [4.78, 5) is 4.45. The van der Waals surface area contributed by atoms with Crippen molar-refractivity contribution in [2.45, 2.75) is 13.0 Å². The first-order chi connectivity index (χ1) is 7.59. The van der Waals surface area contributed by atoms with E-state index in [0.717, 1.165) is 17.0 Å². The molecule has 2 rings (SSSR count). The standard InChI is InChI=1S/C11H15ClN4/c1-7(13)6-14-11-15-10-8(12)4-3-5-9(10)16(11)2/h3-5,7H,6,13H2,1-2H3,(H,14,15). The highest BCUT2D eigenvalue weighted by Gasteiger charge is 2.09. The fourth-order valence-electron chi connectivity index (χ4n) is 1.59. The van der Waals surface area contributed by atoms with E-state index in [1.54, 1.807) is 0 Å². The second-order valence-corrected chi connectivity index (χ2v) is 4.37. The van der Waals surface area contributed by atoms with Crippen LogP contribution in [-0.4, -0.2) is 22.1 Å². The van der Waals surface area contributed by atoms with Crippen molar-refractivity contribution in [3.63, 3.8) is 0 Å². The van der Waals surface area contributed by atoms with Crippen molar-refractivity contribution in [3.8, 4) is 0 Å². The Morgan fingerprint density at radius 3 is 2.94 bits per heavy atom. The average molecular weight is 239 g/mol. The van der Waals surface area contributed by atoms with Crippen molar-refractivity contribution >= 4 is 28.6 Å². The van der Waals surface area contributed by atoms with Crippen molar-refractivity contribution in [2.75, 3.05) is 11.9 Å². The van der Waals surface area contributed by atoms with Crippen molar-refractivity contribution in [1.29, 1.82) is 0 Å². The van der Waals surface area contributed by atoms with Crippen molar-refractivity contribution in [3.05, 3.63) is 23.2 Å². The summed E-state index contributed by atoms with van der Waals surface area (Å²) in [5, 5.41) is 3.87. The molecular formula is C11H15ClN4. The summed E-state index contributed by atoms with van der Waals surface area (Å²) in [6, 6.07) is 5.84. The Hall–Kier alpha value is -1.26. The highest BCUT2D eigenvalue weighted by molar-refractivity contribution is 6.35. The summed E-state index contributed by atoms with van der Waals surface area (Å²) in [7, 11) is 1.95. The molecule has 16 heavy (non-hydrogen) atoms. The minimum absolute atomic E-state index is 0.0929. The summed E-state index contributed by atoms with van der Waals surface area (Å²) in [5.74, 6) is 0.792. The smallest absolute Gasteiger partial charge is 0.203 e. The number of nitrogens with one attached hydrogen (secondary N) is 1. The number of nitrogens with zero attached hydrogens (tertiary/aromatic N) is 2. The van der Waals surface area contributed by atoms with Crippen molar-refractivity contribution in [2.24, 2.45) is 12.8 Å². The van der Waals surface area contributed by atoms with Crippen LogP contribution in [0, 0.1) is 0 Å². The molecule has 2 aromatic rings. The normalized spacial score (nSPS) is 13.0. The summed E-state index contributed by atoms with van der Waals surface area (Å²) >= 11 is 6.08. The van der Waals surface area contributed by atoms with Gasteiger partial charge in [-0.25, -0.2) is 4.98 Å². The maximum Gasteiger partial charge on any atom is 0.203 e. The third kappa shape index (κ3) is 1.99. The highest BCUT2D eigenvalue weighted by Crippen LogP contribution is 2.24. The number of fused-ring (bicyclic) bond motifs is 1. The van der Waals surface area contributed by atoms with Crippen LogP contribution in [0.25, 0.3) is 11.0 Å². The van der Waals surface area contributed by atoms with E-state index in [0.29, 0.717) is 11.6 Å². The molecular weight excluding hydrogens is 224 g/mol. The molecule has 1 aromatic carbocycles. The Bertz CT molecular complexity index is 504. The van der Waals surface area contributed by atoms with Crippen LogP contribution in [-0.2, 0) is 7.05 Å². The summed E-state index contributed by atoms with van der Waals surface area (Å²) in [6.45, 7) is 2.64. The zero-order valence-corrected chi connectivity index (χ0v) is 10.1. The molecule has 5 heteroatoms. The molecule has 0 spiro atoms. The van der Waals surface area contributed by atoms with Gasteiger partial charge in [0.05, 0.1) is 10.5 Å². The largest absolute Gasteiger partial charge is 0.354 e. The number of rotatable bonds is 3. The highest BCUT2D eigenvalue weighted by atomic mass is 35.5.